The van der Waals surface area contributed by atoms with Crippen LogP contribution in [0.2, 0.25) is 0 Å². The molecule has 2 rings (SSSR count). The Morgan fingerprint density at radius 1 is 1.11 bits per heavy atom. The Morgan fingerprint density at radius 3 is 2.56 bits per heavy atom. The molecule has 1 N–H and O–H groups in total. The van der Waals surface area contributed by atoms with Gasteiger partial charge in [-0.1, -0.05) is 24.3 Å². The highest BCUT2D eigenvalue weighted by molar-refractivity contribution is 5.72. The van der Waals surface area contributed by atoms with E-state index in [9.17, 15) is 13.6 Å². The minimum Gasteiger partial charge on any atom is -0.481 e. The quantitative estimate of drug-likeness (QED) is 0.905. The number of aliphatic carboxylic acids is 1. The zero-order valence-electron chi connectivity index (χ0n) is 9.36. The first-order valence-corrected chi connectivity index (χ1v) is 5.32. The molecule has 0 aliphatic heterocycles. The SMILES string of the molecule is O=C(O)Cc1cccc(-c2ccc(F)cc2F)c1. The summed E-state index contributed by atoms with van der Waals surface area (Å²) in [5.74, 6) is -2.26. The summed E-state index contributed by atoms with van der Waals surface area (Å²) in [6.45, 7) is 0. The number of halogens is 2. The topological polar surface area (TPSA) is 37.3 Å². The fraction of sp³-hybridized carbons (Fsp3) is 0.0714. The molecule has 2 aromatic rings. The normalized spacial score (nSPS) is 10.3. The Morgan fingerprint density at radius 2 is 1.89 bits per heavy atom. The van der Waals surface area contributed by atoms with E-state index >= 15 is 0 Å². The molecule has 0 spiro atoms. The van der Waals surface area contributed by atoms with Crippen molar-refractivity contribution in [2.24, 2.45) is 0 Å². The Hall–Kier alpha value is -2.23. The summed E-state index contributed by atoms with van der Waals surface area (Å²) in [6, 6.07) is 9.85. The van der Waals surface area contributed by atoms with E-state index in [1.807, 2.05) is 0 Å². The van der Waals surface area contributed by atoms with Crippen molar-refractivity contribution in [2.45, 2.75) is 6.42 Å². The molecule has 18 heavy (non-hydrogen) atoms. The highest BCUT2D eigenvalue weighted by Crippen LogP contribution is 2.24. The van der Waals surface area contributed by atoms with Crippen LogP contribution in [0.15, 0.2) is 42.5 Å². The lowest BCUT2D eigenvalue weighted by molar-refractivity contribution is -0.136. The highest BCUT2D eigenvalue weighted by Gasteiger charge is 2.08. The molecule has 0 unspecified atom stereocenters. The van der Waals surface area contributed by atoms with Crippen molar-refractivity contribution in [3.05, 3.63) is 59.7 Å². The number of carboxylic acids is 1. The predicted octanol–water partition coefficient (Wildman–Crippen LogP) is 3.26. The summed E-state index contributed by atoms with van der Waals surface area (Å²) >= 11 is 0. The van der Waals surface area contributed by atoms with Crippen LogP contribution in [-0.4, -0.2) is 11.1 Å². The predicted molar refractivity (Wildman–Crippen MR) is 63.1 cm³/mol. The molecule has 4 heteroatoms. The van der Waals surface area contributed by atoms with Gasteiger partial charge in [-0.25, -0.2) is 8.78 Å². The molecule has 92 valence electrons. The standard InChI is InChI=1S/C14H10F2O2/c15-11-4-5-12(13(16)8-11)10-3-1-2-9(6-10)7-14(17)18/h1-6,8H,7H2,(H,17,18). The number of hydrogen-bond donors (Lipinski definition) is 1. The monoisotopic (exact) mass is 248 g/mol. The van der Waals surface area contributed by atoms with Gasteiger partial charge in [0.1, 0.15) is 11.6 Å². The van der Waals surface area contributed by atoms with E-state index in [1.54, 1.807) is 24.3 Å². The number of rotatable bonds is 3. The molecular formula is C14H10F2O2. The molecule has 2 aromatic carbocycles. The molecule has 0 saturated heterocycles. The van der Waals surface area contributed by atoms with Crippen molar-refractivity contribution in [1.82, 2.24) is 0 Å². The molecule has 0 aliphatic carbocycles. The Kier molecular flexibility index (Phi) is 3.37. The van der Waals surface area contributed by atoms with Gasteiger partial charge in [0.05, 0.1) is 6.42 Å². The molecule has 0 fully saturated rings. The average molecular weight is 248 g/mol. The molecule has 0 amide bonds. The van der Waals surface area contributed by atoms with Crippen molar-refractivity contribution >= 4 is 5.97 Å². The number of carbonyl (C=O) groups is 1. The van der Waals surface area contributed by atoms with Crippen molar-refractivity contribution in [2.75, 3.05) is 0 Å². The van der Waals surface area contributed by atoms with Crippen LogP contribution in [0, 0.1) is 11.6 Å². The Labute approximate surface area is 103 Å². The average Bonchev–Trinajstić information content (AvgIpc) is 2.28. The van der Waals surface area contributed by atoms with Gasteiger partial charge in [-0.2, -0.15) is 0 Å². The molecule has 2 nitrogen and oxygen atoms in total. The van der Waals surface area contributed by atoms with Crippen LogP contribution < -0.4 is 0 Å². The van der Waals surface area contributed by atoms with Gasteiger partial charge in [0.15, 0.2) is 0 Å². The van der Waals surface area contributed by atoms with E-state index in [0.717, 1.165) is 6.07 Å². The van der Waals surface area contributed by atoms with Crippen molar-refractivity contribution in [1.29, 1.82) is 0 Å². The van der Waals surface area contributed by atoms with Crippen LogP contribution in [0.25, 0.3) is 11.1 Å². The summed E-state index contributed by atoms with van der Waals surface area (Å²) in [6.07, 6.45) is -0.128. The lowest BCUT2D eigenvalue weighted by Crippen LogP contribution is -2.00. The van der Waals surface area contributed by atoms with Gasteiger partial charge < -0.3 is 5.11 Å². The first kappa shape index (κ1) is 12.2. The largest absolute Gasteiger partial charge is 0.481 e. The zero-order chi connectivity index (χ0) is 13.1. The lowest BCUT2D eigenvalue weighted by Gasteiger charge is -2.05. The number of benzene rings is 2. The molecule has 0 aromatic heterocycles. The summed E-state index contributed by atoms with van der Waals surface area (Å²) in [7, 11) is 0. The van der Waals surface area contributed by atoms with E-state index < -0.39 is 17.6 Å². The maximum Gasteiger partial charge on any atom is 0.307 e. The second kappa shape index (κ2) is 4.96. The van der Waals surface area contributed by atoms with E-state index in [2.05, 4.69) is 0 Å². The van der Waals surface area contributed by atoms with Crippen LogP contribution in [0.3, 0.4) is 0 Å². The fourth-order valence-corrected chi connectivity index (χ4v) is 1.75. The van der Waals surface area contributed by atoms with Crippen LogP contribution in [0.1, 0.15) is 5.56 Å². The van der Waals surface area contributed by atoms with Gasteiger partial charge in [-0.3, -0.25) is 4.79 Å². The first-order valence-electron chi connectivity index (χ1n) is 5.32. The molecule has 0 saturated carbocycles. The van der Waals surface area contributed by atoms with E-state index in [0.29, 0.717) is 11.1 Å². The third-order valence-electron chi connectivity index (χ3n) is 2.52. The van der Waals surface area contributed by atoms with E-state index in [4.69, 9.17) is 5.11 Å². The van der Waals surface area contributed by atoms with Gasteiger partial charge in [0, 0.05) is 11.6 Å². The summed E-state index contributed by atoms with van der Waals surface area (Å²) in [5.41, 5.74) is 1.36. The highest BCUT2D eigenvalue weighted by atomic mass is 19.1. The van der Waals surface area contributed by atoms with E-state index in [1.165, 1.54) is 12.1 Å². The second-order valence-electron chi connectivity index (χ2n) is 3.90. The van der Waals surface area contributed by atoms with Crippen molar-refractivity contribution in [3.63, 3.8) is 0 Å². The van der Waals surface area contributed by atoms with Crippen LogP contribution in [0.4, 0.5) is 8.78 Å². The third-order valence-corrected chi connectivity index (χ3v) is 2.52. The third kappa shape index (κ3) is 2.71. The minimum absolute atomic E-state index is 0.128. The van der Waals surface area contributed by atoms with Gasteiger partial charge in [0.25, 0.3) is 0 Å². The molecule has 0 bridgehead atoms. The Balaban J connectivity index is 2.41. The maximum absolute atomic E-state index is 13.6. The summed E-state index contributed by atoms with van der Waals surface area (Å²) in [5, 5.41) is 8.70. The lowest BCUT2D eigenvalue weighted by atomic mass is 10.0. The van der Waals surface area contributed by atoms with Gasteiger partial charge in [-0.15, -0.1) is 0 Å². The second-order valence-corrected chi connectivity index (χ2v) is 3.90. The summed E-state index contributed by atoms with van der Waals surface area (Å²) < 4.78 is 26.4. The van der Waals surface area contributed by atoms with Gasteiger partial charge in [-0.05, 0) is 23.3 Å². The van der Waals surface area contributed by atoms with Gasteiger partial charge >= 0.3 is 5.97 Å². The van der Waals surface area contributed by atoms with Crippen LogP contribution >= 0.6 is 0 Å². The summed E-state index contributed by atoms with van der Waals surface area (Å²) in [4.78, 5) is 10.6. The van der Waals surface area contributed by atoms with Crippen molar-refractivity contribution < 1.29 is 18.7 Å². The molecule has 0 radical (unpaired) electrons. The minimum atomic E-state index is -0.952. The first-order chi connectivity index (χ1) is 8.56. The number of carboxylic acid groups (broad SMARTS) is 1. The molecule has 0 aliphatic rings. The van der Waals surface area contributed by atoms with E-state index in [-0.39, 0.29) is 12.0 Å². The molecule has 0 atom stereocenters. The maximum atomic E-state index is 13.6. The molecular weight excluding hydrogens is 238 g/mol. The smallest absolute Gasteiger partial charge is 0.307 e. The Bertz CT molecular complexity index is 594. The van der Waals surface area contributed by atoms with Crippen LogP contribution in [-0.2, 0) is 11.2 Å². The number of hydrogen-bond acceptors (Lipinski definition) is 1. The van der Waals surface area contributed by atoms with Crippen molar-refractivity contribution in [3.8, 4) is 11.1 Å². The zero-order valence-corrected chi connectivity index (χ0v) is 9.36. The molecule has 0 heterocycles. The van der Waals surface area contributed by atoms with Crippen LogP contribution in [0.5, 0.6) is 0 Å². The van der Waals surface area contributed by atoms with Gasteiger partial charge in [0.2, 0.25) is 0 Å². The fourth-order valence-electron chi connectivity index (χ4n) is 1.75.